The fraction of sp³-hybridized carbons (Fsp3) is 0.146. The molecule has 5 aromatic rings. The van der Waals surface area contributed by atoms with Gasteiger partial charge in [-0.2, -0.15) is 0 Å². The number of benzene rings is 5. The van der Waals surface area contributed by atoms with Crippen LogP contribution in [0.25, 0.3) is 22.3 Å². The summed E-state index contributed by atoms with van der Waals surface area (Å²) in [5.41, 5.74) is -11.0. The van der Waals surface area contributed by atoms with E-state index in [0.29, 0.717) is 30.3 Å². The van der Waals surface area contributed by atoms with Crippen LogP contribution in [0, 0.1) is 0 Å². The molecule has 16 N–H and O–H groups in total. The van der Waals surface area contributed by atoms with Crippen molar-refractivity contribution in [2.24, 2.45) is 0 Å². The van der Waals surface area contributed by atoms with E-state index in [1.165, 1.54) is 0 Å². The van der Waals surface area contributed by atoms with Gasteiger partial charge in [0.15, 0.2) is 87.7 Å². The molecule has 0 radical (unpaired) electrons. The number of esters is 5. The number of phenolic OH excluding ortho intramolecular Hbond substituents is 15. The lowest BCUT2D eigenvalue weighted by Crippen LogP contribution is -2.56. The molecule has 26 nitrogen and oxygen atoms in total. The Morgan fingerprint density at radius 1 is 0.433 bits per heavy atom. The summed E-state index contributed by atoms with van der Waals surface area (Å²) < 4.78 is 27.6. The van der Waals surface area contributed by atoms with E-state index in [0.717, 1.165) is 0 Å². The van der Waals surface area contributed by atoms with Crippen LogP contribution < -0.4 is 0 Å². The lowest BCUT2D eigenvalue weighted by molar-refractivity contribution is -0.154. The molecule has 26 heteroatoms. The van der Waals surface area contributed by atoms with Crippen molar-refractivity contribution >= 4 is 29.8 Å². The number of hydrogen-bond acceptors (Lipinski definition) is 26. The van der Waals surface area contributed by atoms with Crippen LogP contribution in [0.1, 0.15) is 63.5 Å². The first kappa shape index (κ1) is 44.0. The number of aliphatic hydroxyl groups is 1. The summed E-state index contributed by atoms with van der Waals surface area (Å²) >= 11 is 0. The molecular formula is C41H28O26. The Hall–Kier alpha value is -9.59. The number of aromatic hydroxyl groups is 15. The molecule has 4 heterocycles. The first-order valence-electron chi connectivity index (χ1n) is 18.6. The van der Waals surface area contributed by atoms with E-state index in [1.54, 1.807) is 0 Å². The van der Waals surface area contributed by atoms with Gasteiger partial charge in [0.1, 0.15) is 12.7 Å². The van der Waals surface area contributed by atoms with Crippen molar-refractivity contribution in [3.8, 4) is 108 Å². The standard InChI is InChI=1S/C41H28O26/c42-11-1-7(2-12(43)23(11)47)37(58)64-16-6-63-38(59)8-3-13(44)24(48)27(51)17(8)18-9(4-14(45)25(49)28(18)52)39(60)65-34(16)36-35-32(56)22-21(41(62)66-35)20(30(54)33(57)31(22)55)19-10(40(61)67-36)5-15(46)26(50)29(19)53/h1-5,16,32,34-36,42-57H,6H2/t16?,32-,34+,35-,36-/m0/s1. The number of phenols is 15. The maximum absolute atomic E-state index is 14.6. The Kier molecular flexibility index (Phi) is 10.1. The van der Waals surface area contributed by atoms with E-state index in [4.69, 9.17) is 23.7 Å². The molecular weight excluding hydrogens is 908 g/mol. The first-order chi connectivity index (χ1) is 31.5. The zero-order valence-electron chi connectivity index (χ0n) is 32.7. The van der Waals surface area contributed by atoms with Crippen molar-refractivity contribution in [3.05, 3.63) is 63.7 Å². The largest absolute Gasteiger partial charge is 0.504 e. The van der Waals surface area contributed by atoms with E-state index >= 15 is 0 Å². The first-order valence-corrected chi connectivity index (χ1v) is 18.6. The van der Waals surface area contributed by atoms with E-state index in [2.05, 4.69) is 0 Å². The summed E-state index contributed by atoms with van der Waals surface area (Å²) in [6.45, 7) is -1.50. The zero-order chi connectivity index (χ0) is 49.0. The summed E-state index contributed by atoms with van der Waals surface area (Å²) in [5.74, 6) is -29.6. The lowest BCUT2D eigenvalue weighted by Gasteiger charge is -2.40. The minimum Gasteiger partial charge on any atom is -0.504 e. The summed E-state index contributed by atoms with van der Waals surface area (Å²) in [4.78, 5) is 70.9. The van der Waals surface area contributed by atoms with Crippen LogP contribution in [0.2, 0.25) is 0 Å². The number of hydrogen-bond donors (Lipinski definition) is 16. The van der Waals surface area contributed by atoms with E-state index in [-0.39, 0.29) is 0 Å². The Labute approximate surface area is 368 Å². The van der Waals surface area contributed by atoms with E-state index in [1.807, 2.05) is 0 Å². The second-order valence-corrected chi connectivity index (χ2v) is 14.7. The summed E-state index contributed by atoms with van der Waals surface area (Å²) in [7, 11) is 0. The molecule has 5 atom stereocenters. The number of carbonyl (C=O) groups is 5. The molecule has 0 spiro atoms. The molecule has 0 amide bonds. The van der Waals surface area contributed by atoms with Gasteiger partial charge in [0, 0.05) is 27.8 Å². The van der Waals surface area contributed by atoms with Gasteiger partial charge in [0.25, 0.3) is 0 Å². The van der Waals surface area contributed by atoms with E-state index < -0.39 is 209 Å². The molecule has 5 aromatic carbocycles. The molecule has 4 aliphatic rings. The van der Waals surface area contributed by atoms with Gasteiger partial charge in [-0.1, -0.05) is 0 Å². The van der Waals surface area contributed by atoms with Crippen LogP contribution in [0.3, 0.4) is 0 Å². The molecule has 348 valence electrons. The molecule has 9 rings (SSSR count). The highest BCUT2D eigenvalue weighted by molar-refractivity contribution is 6.11. The predicted octanol–water partition coefficient (Wildman–Crippen LogP) is 1.34. The Morgan fingerprint density at radius 2 is 0.836 bits per heavy atom. The number of aliphatic hydroxyl groups excluding tert-OH is 1. The third-order valence-corrected chi connectivity index (χ3v) is 10.9. The summed E-state index contributed by atoms with van der Waals surface area (Å²) in [6.07, 6.45) is -13.4. The van der Waals surface area contributed by atoms with Gasteiger partial charge in [0.2, 0.25) is 23.0 Å². The van der Waals surface area contributed by atoms with Crippen molar-refractivity contribution in [1.82, 2.24) is 0 Å². The van der Waals surface area contributed by atoms with Crippen molar-refractivity contribution in [2.75, 3.05) is 6.61 Å². The van der Waals surface area contributed by atoms with Crippen LogP contribution in [-0.4, -0.2) is 143 Å². The van der Waals surface area contributed by atoms with Gasteiger partial charge < -0.3 is 105 Å². The topological polar surface area (TPSA) is 455 Å². The Morgan fingerprint density at radius 3 is 1.33 bits per heavy atom. The Balaban J connectivity index is 1.42. The molecule has 0 saturated heterocycles. The highest BCUT2D eigenvalue weighted by Gasteiger charge is 2.54. The number of cyclic esters (lactones) is 2. The number of carbonyl (C=O) groups excluding carboxylic acids is 5. The monoisotopic (exact) mass is 936 g/mol. The summed E-state index contributed by atoms with van der Waals surface area (Å²) in [5, 5.41) is 172. The van der Waals surface area contributed by atoms with E-state index in [9.17, 15) is 106 Å². The average molecular weight is 937 g/mol. The normalized spacial score (nSPS) is 19.9. The van der Waals surface area contributed by atoms with Gasteiger partial charge in [-0.3, -0.25) is 0 Å². The molecule has 1 unspecified atom stereocenters. The highest BCUT2D eigenvalue weighted by Crippen LogP contribution is 2.58. The quantitative estimate of drug-likeness (QED) is 0.0689. The van der Waals surface area contributed by atoms with Crippen molar-refractivity contribution in [2.45, 2.75) is 30.5 Å². The zero-order valence-corrected chi connectivity index (χ0v) is 32.7. The number of rotatable bonds is 3. The fourth-order valence-corrected chi connectivity index (χ4v) is 7.72. The summed E-state index contributed by atoms with van der Waals surface area (Å²) in [6, 6.07) is 2.15. The second-order valence-electron chi connectivity index (χ2n) is 14.7. The highest BCUT2D eigenvalue weighted by atomic mass is 16.6. The average Bonchev–Trinajstić information content (AvgIpc) is 3.29. The molecule has 0 aromatic heterocycles. The van der Waals surface area contributed by atoms with Crippen LogP contribution in [0.15, 0.2) is 30.3 Å². The Bertz CT molecular complexity index is 3060. The minimum absolute atomic E-state index is 0.331. The molecule has 0 aliphatic carbocycles. The molecule has 0 fully saturated rings. The minimum atomic E-state index is -2.79. The van der Waals surface area contributed by atoms with Crippen molar-refractivity contribution in [3.63, 3.8) is 0 Å². The SMILES string of the molecule is O=C(OC1COC(=O)c2cc(O)c(O)c(O)c2-c2c(cc(O)c(O)c2O)C(=O)O[C@H]1[C@@H]1OC(=O)c2cc(O)c(O)c(O)c2-c2c(O)c(O)c(O)c3c2C(=O)O[C@H]1[C@H]3O)c1cc(O)c(O)c(O)c1. The smallest absolute Gasteiger partial charge is 0.339 e. The maximum atomic E-state index is 14.6. The van der Waals surface area contributed by atoms with Crippen molar-refractivity contribution < 1.29 is 129 Å². The predicted molar refractivity (Wildman–Crippen MR) is 207 cm³/mol. The van der Waals surface area contributed by atoms with Crippen LogP contribution >= 0.6 is 0 Å². The number of ether oxygens (including phenoxy) is 5. The fourth-order valence-electron chi connectivity index (χ4n) is 7.72. The molecule has 4 bridgehead atoms. The van der Waals surface area contributed by atoms with Gasteiger partial charge in [-0.15, -0.1) is 0 Å². The van der Waals surface area contributed by atoms with Crippen LogP contribution in [0.5, 0.6) is 86.2 Å². The molecule has 0 saturated carbocycles. The molecule has 67 heavy (non-hydrogen) atoms. The third kappa shape index (κ3) is 6.57. The lowest BCUT2D eigenvalue weighted by atomic mass is 9.82. The third-order valence-electron chi connectivity index (χ3n) is 10.9. The van der Waals surface area contributed by atoms with Crippen LogP contribution in [-0.2, 0) is 23.7 Å². The second kappa shape index (κ2) is 15.3. The number of fused-ring (bicyclic) bond motifs is 6. The molecule has 4 aliphatic heterocycles. The van der Waals surface area contributed by atoms with Gasteiger partial charge in [-0.25, -0.2) is 24.0 Å². The van der Waals surface area contributed by atoms with Crippen LogP contribution in [0.4, 0.5) is 0 Å². The van der Waals surface area contributed by atoms with Gasteiger partial charge in [-0.05, 0) is 30.3 Å². The van der Waals surface area contributed by atoms with Gasteiger partial charge >= 0.3 is 29.8 Å². The van der Waals surface area contributed by atoms with Crippen molar-refractivity contribution in [1.29, 1.82) is 0 Å². The maximum Gasteiger partial charge on any atom is 0.339 e. The van der Waals surface area contributed by atoms with Gasteiger partial charge in [0.05, 0.1) is 27.8 Å².